The fourth-order valence-electron chi connectivity index (χ4n) is 1.87. The number of aromatic nitrogens is 2. The van der Waals surface area contributed by atoms with Crippen LogP contribution in [0.5, 0.6) is 0 Å². The smallest absolute Gasteiger partial charge is 0.253 e. The average molecular weight is 383 g/mol. The Morgan fingerprint density at radius 3 is 2.56 bits per heavy atom. The summed E-state index contributed by atoms with van der Waals surface area (Å²) in [5, 5.41) is 8.07. The number of primary sulfonamides is 1. The number of benzene rings is 1. The van der Waals surface area contributed by atoms with Crippen molar-refractivity contribution in [2.24, 2.45) is 5.14 Å². The predicted octanol–water partition coefficient (Wildman–Crippen LogP) is 0.510. The lowest BCUT2D eigenvalue weighted by atomic mass is 10.3. The number of carbonyl (C=O) groups is 1. The highest BCUT2D eigenvalue weighted by molar-refractivity contribution is 7.99. The molecule has 25 heavy (non-hydrogen) atoms. The molecule has 0 aliphatic carbocycles. The molecule has 0 radical (unpaired) electrons. The molecule has 134 valence electrons. The highest BCUT2D eigenvalue weighted by atomic mass is 32.2. The van der Waals surface area contributed by atoms with E-state index in [0.717, 1.165) is 0 Å². The number of nitrogens with zero attached hydrogens (tertiary/aromatic N) is 1. The lowest BCUT2D eigenvalue weighted by molar-refractivity contribution is -0.116. The molecule has 11 heteroatoms. The second kappa shape index (κ2) is 8.14. The standard InChI is InChI=1S/C14H17N5O4S2/c15-11-8-13(21)19-14(18-11)24-7-1-2-12(20)17-9-3-5-10(6-4-9)25(16,22)23/h3-6,8H,1-2,7H2,(H,17,20)(H2,16,22,23)(H3,15,18,19,21). The van der Waals surface area contributed by atoms with Crippen molar-refractivity contribution in [3.05, 3.63) is 40.7 Å². The fourth-order valence-corrected chi connectivity index (χ4v) is 3.21. The van der Waals surface area contributed by atoms with Crippen molar-refractivity contribution >= 4 is 39.2 Å². The summed E-state index contributed by atoms with van der Waals surface area (Å²) in [5.74, 6) is 0.509. The van der Waals surface area contributed by atoms with E-state index in [1.54, 1.807) is 0 Å². The van der Waals surface area contributed by atoms with E-state index in [1.165, 1.54) is 42.1 Å². The van der Waals surface area contributed by atoms with E-state index in [1.807, 2.05) is 0 Å². The molecule has 0 spiro atoms. The Morgan fingerprint density at radius 1 is 1.28 bits per heavy atom. The quantitative estimate of drug-likeness (QED) is 0.308. The van der Waals surface area contributed by atoms with Crippen molar-refractivity contribution in [2.75, 3.05) is 16.8 Å². The average Bonchev–Trinajstić information content (AvgIpc) is 2.50. The van der Waals surface area contributed by atoms with Crippen molar-refractivity contribution < 1.29 is 13.2 Å². The van der Waals surface area contributed by atoms with E-state index in [-0.39, 0.29) is 28.6 Å². The van der Waals surface area contributed by atoms with E-state index >= 15 is 0 Å². The van der Waals surface area contributed by atoms with Crippen LogP contribution in [-0.2, 0) is 14.8 Å². The molecule has 6 N–H and O–H groups in total. The molecule has 0 unspecified atom stereocenters. The van der Waals surface area contributed by atoms with Gasteiger partial charge in [0.05, 0.1) is 4.90 Å². The summed E-state index contributed by atoms with van der Waals surface area (Å²) in [6.07, 6.45) is 0.820. The summed E-state index contributed by atoms with van der Waals surface area (Å²) in [5.41, 5.74) is 5.64. The van der Waals surface area contributed by atoms with Crippen molar-refractivity contribution in [1.82, 2.24) is 9.97 Å². The van der Waals surface area contributed by atoms with Crippen LogP contribution in [0.3, 0.4) is 0 Å². The Bertz CT molecular complexity index is 910. The van der Waals surface area contributed by atoms with E-state index < -0.39 is 10.0 Å². The summed E-state index contributed by atoms with van der Waals surface area (Å²) in [6.45, 7) is 0. The number of thioether (sulfide) groups is 1. The van der Waals surface area contributed by atoms with Crippen LogP contribution in [0, 0.1) is 0 Å². The van der Waals surface area contributed by atoms with Gasteiger partial charge in [0.1, 0.15) is 5.82 Å². The van der Waals surface area contributed by atoms with E-state index in [2.05, 4.69) is 15.3 Å². The SMILES string of the molecule is Nc1cc(=O)[nH]c(SCCCC(=O)Nc2ccc(S(N)(=O)=O)cc2)n1. The van der Waals surface area contributed by atoms with Gasteiger partial charge in [-0.05, 0) is 30.7 Å². The lowest BCUT2D eigenvalue weighted by Gasteiger charge is -2.06. The van der Waals surface area contributed by atoms with Crippen LogP contribution >= 0.6 is 11.8 Å². The highest BCUT2D eigenvalue weighted by Crippen LogP contribution is 2.15. The molecular formula is C14H17N5O4S2. The number of aromatic amines is 1. The second-order valence-electron chi connectivity index (χ2n) is 5.04. The van der Waals surface area contributed by atoms with Crippen LogP contribution in [0.1, 0.15) is 12.8 Å². The number of nitrogens with one attached hydrogen (secondary N) is 2. The van der Waals surface area contributed by atoms with Crippen molar-refractivity contribution in [2.45, 2.75) is 22.9 Å². The number of nitrogen functional groups attached to an aromatic ring is 1. The Kier molecular flexibility index (Phi) is 6.17. The van der Waals surface area contributed by atoms with Crippen LogP contribution in [-0.4, -0.2) is 30.0 Å². The molecule has 9 nitrogen and oxygen atoms in total. The van der Waals surface area contributed by atoms with Gasteiger partial charge in [-0.3, -0.25) is 9.59 Å². The van der Waals surface area contributed by atoms with Gasteiger partial charge >= 0.3 is 0 Å². The first kappa shape index (κ1) is 19.0. The number of sulfonamides is 1. The van der Waals surface area contributed by atoms with Gasteiger partial charge < -0.3 is 16.0 Å². The van der Waals surface area contributed by atoms with Gasteiger partial charge in [-0.1, -0.05) is 11.8 Å². The van der Waals surface area contributed by atoms with Crippen molar-refractivity contribution in [3.63, 3.8) is 0 Å². The Hall–Kier alpha value is -2.37. The molecule has 2 rings (SSSR count). The third-order valence-corrected chi connectivity index (χ3v) is 4.88. The molecule has 0 aliphatic heterocycles. The molecule has 1 heterocycles. The monoisotopic (exact) mass is 383 g/mol. The van der Waals surface area contributed by atoms with Gasteiger partial charge in [-0.25, -0.2) is 18.5 Å². The molecule has 1 aromatic carbocycles. The van der Waals surface area contributed by atoms with Gasteiger partial charge in [0.2, 0.25) is 15.9 Å². The van der Waals surface area contributed by atoms with Gasteiger partial charge in [-0.2, -0.15) is 0 Å². The zero-order valence-corrected chi connectivity index (χ0v) is 14.7. The van der Waals surface area contributed by atoms with Crippen LogP contribution in [0.15, 0.2) is 45.2 Å². The number of rotatable bonds is 7. The number of carbonyl (C=O) groups excluding carboxylic acids is 1. The van der Waals surface area contributed by atoms with Crippen LogP contribution < -0.4 is 21.7 Å². The maximum absolute atomic E-state index is 11.9. The van der Waals surface area contributed by atoms with Crippen molar-refractivity contribution in [1.29, 1.82) is 0 Å². The summed E-state index contributed by atoms with van der Waals surface area (Å²) in [4.78, 5) is 29.6. The molecule has 2 aromatic rings. The molecule has 1 amide bonds. The summed E-state index contributed by atoms with van der Waals surface area (Å²) < 4.78 is 22.3. The van der Waals surface area contributed by atoms with E-state index in [9.17, 15) is 18.0 Å². The molecule has 1 aromatic heterocycles. The molecule has 0 fully saturated rings. The summed E-state index contributed by atoms with van der Waals surface area (Å²) in [7, 11) is -3.75. The number of hydrogen-bond donors (Lipinski definition) is 4. The maximum atomic E-state index is 11.9. The number of hydrogen-bond acceptors (Lipinski definition) is 7. The molecule has 0 bridgehead atoms. The third-order valence-electron chi connectivity index (χ3n) is 2.99. The third kappa shape index (κ3) is 6.21. The van der Waals surface area contributed by atoms with Crippen LogP contribution in [0.25, 0.3) is 0 Å². The Balaban J connectivity index is 1.78. The topological polar surface area (TPSA) is 161 Å². The lowest BCUT2D eigenvalue weighted by Crippen LogP contribution is -2.13. The first-order valence-electron chi connectivity index (χ1n) is 7.16. The minimum absolute atomic E-state index is 0.0227. The molecule has 0 atom stereocenters. The first-order valence-corrected chi connectivity index (χ1v) is 9.69. The van der Waals surface area contributed by atoms with Gasteiger partial charge in [-0.15, -0.1) is 0 Å². The van der Waals surface area contributed by atoms with Crippen LogP contribution in [0.2, 0.25) is 0 Å². The molecule has 0 saturated carbocycles. The number of anilines is 2. The highest BCUT2D eigenvalue weighted by Gasteiger charge is 2.08. The minimum atomic E-state index is -3.75. The molecule has 0 saturated heterocycles. The maximum Gasteiger partial charge on any atom is 0.253 e. The van der Waals surface area contributed by atoms with E-state index in [4.69, 9.17) is 10.9 Å². The first-order chi connectivity index (χ1) is 11.7. The summed E-state index contributed by atoms with van der Waals surface area (Å²) >= 11 is 1.29. The van der Waals surface area contributed by atoms with E-state index in [0.29, 0.717) is 23.0 Å². The summed E-state index contributed by atoms with van der Waals surface area (Å²) in [6, 6.07) is 6.77. The molecule has 0 aliphatic rings. The Morgan fingerprint density at radius 2 is 1.96 bits per heavy atom. The number of H-pyrrole nitrogens is 1. The minimum Gasteiger partial charge on any atom is -0.383 e. The zero-order valence-electron chi connectivity index (χ0n) is 13.1. The molecular weight excluding hydrogens is 366 g/mol. The fraction of sp³-hybridized carbons (Fsp3) is 0.214. The largest absolute Gasteiger partial charge is 0.383 e. The van der Waals surface area contributed by atoms with Gasteiger partial charge in [0.15, 0.2) is 5.16 Å². The van der Waals surface area contributed by atoms with Crippen molar-refractivity contribution in [3.8, 4) is 0 Å². The number of amides is 1. The van der Waals surface area contributed by atoms with Gasteiger partial charge in [0, 0.05) is 23.9 Å². The predicted molar refractivity (Wildman–Crippen MR) is 95.7 cm³/mol. The normalized spacial score (nSPS) is 11.2. The van der Waals surface area contributed by atoms with Gasteiger partial charge in [0.25, 0.3) is 5.56 Å². The number of nitrogens with two attached hydrogens (primary N) is 2. The van der Waals surface area contributed by atoms with Crippen LogP contribution in [0.4, 0.5) is 11.5 Å². The second-order valence-corrected chi connectivity index (χ2v) is 7.69. The zero-order chi connectivity index (χ0) is 18.4. The Labute approximate surface area is 148 Å².